The van der Waals surface area contributed by atoms with E-state index in [0.717, 1.165) is 11.8 Å². The molecule has 0 aromatic rings. The summed E-state index contributed by atoms with van der Waals surface area (Å²) in [5, 5.41) is 16.7. The van der Waals surface area contributed by atoms with Crippen LogP contribution in [0.2, 0.25) is 0 Å². The first-order valence-corrected chi connectivity index (χ1v) is 13.0. The maximum atomic E-state index is 12.9. The van der Waals surface area contributed by atoms with Gasteiger partial charge >= 0.3 is 13.7 Å². The molecule has 0 spiro atoms. The van der Waals surface area contributed by atoms with Gasteiger partial charge in [-0.25, -0.2) is 9.65 Å². The summed E-state index contributed by atoms with van der Waals surface area (Å²) in [4.78, 5) is 47.6. The van der Waals surface area contributed by atoms with E-state index < -0.39 is 43.3 Å². The Morgan fingerprint density at radius 1 is 1.21 bits per heavy atom. The lowest BCUT2D eigenvalue weighted by Gasteiger charge is -2.40. The topological polar surface area (TPSA) is 169 Å². The normalized spacial score (nSPS) is 23.8. The molecule has 0 aromatic heterocycles. The van der Waals surface area contributed by atoms with Gasteiger partial charge in [-0.3, -0.25) is 28.2 Å². The van der Waals surface area contributed by atoms with Crippen molar-refractivity contribution in [3.05, 3.63) is 0 Å². The van der Waals surface area contributed by atoms with E-state index in [1.54, 1.807) is 13.8 Å². The van der Waals surface area contributed by atoms with Crippen LogP contribution in [-0.2, 0) is 37.5 Å². The number of rotatable bonds is 12. The smallest absolute Gasteiger partial charge is 0.407 e. The fourth-order valence-corrected chi connectivity index (χ4v) is 5.44. The van der Waals surface area contributed by atoms with E-state index in [-0.39, 0.29) is 43.6 Å². The molecule has 1 heterocycles. The summed E-state index contributed by atoms with van der Waals surface area (Å²) < 4.78 is 28.2. The van der Waals surface area contributed by atoms with E-state index in [0.29, 0.717) is 5.75 Å². The number of hydrogen-bond donors (Lipinski definition) is 4. The van der Waals surface area contributed by atoms with Crippen molar-refractivity contribution in [1.29, 1.82) is 0 Å². The summed E-state index contributed by atoms with van der Waals surface area (Å²) in [5.41, 5.74) is -0.813. The number of nitrogens with one attached hydrogen (secondary N) is 3. The van der Waals surface area contributed by atoms with Crippen molar-refractivity contribution in [1.82, 2.24) is 15.7 Å². The highest BCUT2D eigenvalue weighted by molar-refractivity contribution is 8.13. The average Bonchev–Trinajstić information content (AvgIpc) is 2.72. The van der Waals surface area contributed by atoms with E-state index >= 15 is 0 Å². The molecule has 4 atom stereocenters. The SMILES string of the molecule is COC(=O)[C@H](C)NP1(=O)OCC(C)(C)[C@H](C(=O)NCCC(=O)NCCSC(=O)C[C@@H](C)O)O1. The van der Waals surface area contributed by atoms with Gasteiger partial charge in [-0.05, 0) is 13.8 Å². The number of thioether (sulfide) groups is 1. The van der Waals surface area contributed by atoms with Crippen molar-refractivity contribution >= 4 is 42.4 Å². The minimum absolute atomic E-state index is 0.00301. The van der Waals surface area contributed by atoms with Crippen molar-refractivity contribution in [2.75, 3.05) is 32.6 Å². The first-order valence-electron chi connectivity index (χ1n) is 10.5. The van der Waals surface area contributed by atoms with Crippen LogP contribution in [0, 0.1) is 5.41 Å². The first kappa shape index (κ1) is 29.5. The van der Waals surface area contributed by atoms with E-state index in [4.69, 9.17) is 14.2 Å². The van der Waals surface area contributed by atoms with Crippen LogP contribution in [0.4, 0.5) is 0 Å². The van der Waals surface area contributed by atoms with Gasteiger partial charge in [0.1, 0.15) is 6.04 Å². The molecule has 190 valence electrons. The van der Waals surface area contributed by atoms with Crippen LogP contribution < -0.4 is 15.7 Å². The highest BCUT2D eigenvalue weighted by atomic mass is 32.2. The molecule has 1 saturated heterocycles. The van der Waals surface area contributed by atoms with Crippen LogP contribution in [0.1, 0.15) is 40.5 Å². The van der Waals surface area contributed by atoms with Crippen molar-refractivity contribution in [2.45, 2.75) is 58.8 Å². The van der Waals surface area contributed by atoms with Crippen molar-refractivity contribution in [3.8, 4) is 0 Å². The third kappa shape index (κ3) is 10.5. The number of esters is 1. The van der Waals surface area contributed by atoms with Crippen molar-refractivity contribution in [3.63, 3.8) is 0 Å². The van der Waals surface area contributed by atoms with Gasteiger partial charge in [0.15, 0.2) is 11.2 Å². The summed E-state index contributed by atoms with van der Waals surface area (Å²) >= 11 is 1.03. The molecule has 0 bridgehead atoms. The zero-order valence-electron chi connectivity index (χ0n) is 19.5. The Labute approximate surface area is 197 Å². The van der Waals surface area contributed by atoms with E-state index in [1.165, 1.54) is 21.0 Å². The Bertz CT molecular complexity index is 763. The molecule has 12 nitrogen and oxygen atoms in total. The van der Waals surface area contributed by atoms with Crippen molar-refractivity contribution in [2.24, 2.45) is 5.41 Å². The van der Waals surface area contributed by atoms with Crippen LogP contribution in [0.25, 0.3) is 0 Å². The molecule has 1 fully saturated rings. The number of carbonyl (C=O) groups is 4. The second-order valence-electron chi connectivity index (χ2n) is 8.28. The highest BCUT2D eigenvalue weighted by Crippen LogP contribution is 2.53. The zero-order valence-corrected chi connectivity index (χ0v) is 21.3. The van der Waals surface area contributed by atoms with Gasteiger partial charge in [0, 0.05) is 37.1 Å². The number of hydrogen-bond acceptors (Lipinski definition) is 10. The molecule has 1 rings (SSSR count). The molecule has 4 N–H and O–H groups in total. The highest BCUT2D eigenvalue weighted by Gasteiger charge is 2.48. The Kier molecular flexibility index (Phi) is 12.0. The Hall–Kier alpha value is -1.50. The Morgan fingerprint density at radius 2 is 1.88 bits per heavy atom. The van der Waals surface area contributed by atoms with Crippen LogP contribution in [0.15, 0.2) is 0 Å². The first-order chi connectivity index (χ1) is 15.3. The fraction of sp³-hybridized carbons (Fsp3) is 0.789. The molecule has 0 aliphatic carbocycles. The molecule has 0 radical (unpaired) electrons. The lowest BCUT2D eigenvalue weighted by molar-refractivity contribution is -0.142. The summed E-state index contributed by atoms with van der Waals surface area (Å²) in [6, 6.07) is -0.977. The summed E-state index contributed by atoms with van der Waals surface area (Å²) in [7, 11) is -2.76. The number of methoxy groups -OCH3 is 1. The minimum Gasteiger partial charge on any atom is -0.468 e. The van der Waals surface area contributed by atoms with Gasteiger partial charge in [-0.1, -0.05) is 25.6 Å². The van der Waals surface area contributed by atoms with Gasteiger partial charge < -0.3 is 20.5 Å². The standard InChI is InChI=1S/C19H34N3O9PS/c1-12(23)10-15(25)33-9-8-20-14(24)6-7-21-17(26)16-19(3,4)11-30-32(28,31-16)22-13(2)18(27)29-5/h12-13,16,23H,6-11H2,1-5H3,(H,20,24)(H,21,26)(H,22,28)/t12-,13+,16+,32?/m1/s1. The predicted octanol–water partition coefficient (Wildman–Crippen LogP) is 0.340. The second kappa shape index (κ2) is 13.4. The van der Waals surface area contributed by atoms with Gasteiger partial charge in [0.2, 0.25) is 11.8 Å². The molecular weight excluding hydrogens is 477 g/mol. The largest absolute Gasteiger partial charge is 0.468 e. The summed E-state index contributed by atoms with van der Waals surface area (Å²) in [5.74, 6) is -1.17. The molecule has 1 aliphatic rings. The second-order valence-corrected chi connectivity index (χ2v) is 11.2. The summed E-state index contributed by atoms with van der Waals surface area (Å²) in [6.07, 6.45) is -1.79. The quantitative estimate of drug-likeness (QED) is 0.162. The molecule has 2 amide bonds. The van der Waals surface area contributed by atoms with Crippen LogP contribution in [-0.4, -0.2) is 78.8 Å². The van der Waals surface area contributed by atoms with Gasteiger partial charge in [0.25, 0.3) is 0 Å². The maximum absolute atomic E-state index is 12.9. The Morgan fingerprint density at radius 3 is 2.48 bits per heavy atom. The zero-order chi connectivity index (χ0) is 25.2. The van der Waals surface area contributed by atoms with Crippen LogP contribution in [0.3, 0.4) is 0 Å². The minimum atomic E-state index is -3.95. The fourth-order valence-electron chi connectivity index (χ4n) is 2.71. The van der Waals surface area contributed by atoms with Crippen molar-refractivity contribution < 1.29 is 42.6 Å². The molecule has 0 aromatic carbocycles. The number of ether oxygens (including phenoxy) is 1. The van der Waals surface area contributed by atoms with Crippen LogP contribution in [0.5, 0.6) is 0 Å². The predicted molar refractivity (Wildman–Crippen MR) is 121 cm³/mol. The van der Waals surface area contributed by atoms with Crippen LogP contribution >= 0.6 is 19.5 Å². The molecule has 33 heavy (non-hydrogen) atoms. The molecule has 1 unspecified atom stereocenters. The number of amides is 2. The number of aliphatic hydroxyl groups excluding tert-OH is 1. The summed E-state index contributed by atoms with van der Waals surface area (Å²) in [6.45, 7) is 6.58. The third-order valence-electron chi connectivity index (χ3n) is 4.51. The lowest BCUT2D eigenvalue weighted by Crippen LogP contribution is -2.51. The molecule has 0 saturated carbocycles. The number of carbonyl (C=O) groups excluding carboxylic acids is 4. The van der Waals surface area contributed by atoms with E-state index in [2.05, 4.69) is 20.5 Å². The van der Waals surface area contributed by atoms with E-state index in [9.17, 15) is 23.7 Å². The number of aliphatic hydroxyl groups is 1. The molecule has 14 heteroatoms. The van der Waals surface area contributed by atoms with Gasteiger partial charge in [0.05, 0.1) is 19.8 Å². The monoisotopic (exact) mass is 511 g/mol. The van der Waals surface area contributed by atoms with E-state index in [1.807, 2.05) is 0 Å². The average molecular weight is 512 g/mol. The van der Waals surface area contributed by atoms with Gasteiger partial charge in [-0.15, -0.1) is 0 Å². The maximum Gasteiger partial charge on any atom is 0.407 e. The lowest BCUT2D eigenvalue weighted by atomic mass is 9.87. The molecule has 1 aliphatic heterocycles. The molecular formula is C19H34N3O9PS. The Balaban J connectivity index is 2.46. The van der Waals surface area contributed by atoms with Gasteiger partial charge in [-0.2, -0.15) is 0 Å². The third-order valence-corrected chi connectivity index (χ3v) is 7.06.